The Morgan fingerprint density at radius 2 is 1.95 bits per heavy atom. The van der Waals surface area contributed by atoms with Crippen molar-refractivity contribution in [2.75, 3.05) is 31.1 Å². The van der Waals surface area contributed by atoms with Gasteiger partial charge in [0.2, 0.25) is 0 Å². The van der Waals surface area contributed by atoms with Crippen LogP contribution in [0.1, 0.15) is 0 Å². The molecule has 110 valence electrons. The lowest BCUT2D eigenvalue weighted by Gasteiger charge is -2.33. The number of hydrogen-bond donors (Lipinski definition) is 1. The van der Waals surface area contributed by atoms with E-state index in [-0.39, 0.29) is 11.1 Å². The highest BCUT2D eigenvalue weighted by molar-refractivity contribution is 5.70. The smallest absolute Gasteiger partial charge is 0.407 e. The molecule has 0 aromatic carbocycles. The van der Waals surface area contributed by atoms with Crippen LogP contribution in [0, 0.1) is 0 Å². The Balaban J connectivity index is 1.90. The molecular weight excluding hydrogens is 276 g/mol. The maximum absolute atomic E-state index is 12.0. The molecule has 1 aliphatic rings. The van der Waals surface area contributed by atoms with Crippen LogP contribution < -0.4 is 10.5 Å². The molecule has 0 bridgehead atoms. The van der Waals surface area contributed by atoms with Crippen molar-refractivity contribution in [1.29, 1.82) is 0 Å². The van der Waals surface area contributed by atoms with E-state index >= 15 is 0 Å². The van der Waals surface area contributed by atoms with E-state index in [9.17, 15) is 9.59 Å². The fourth-order valence-corrected chi connectivity index (χ4v) is 2.25. The van der Waals surface area contributed by atoms with Gasteiger partial charge in [-0.2, -0.15) is 0 Å². The number of rotatable bonds is 1. The zero-order valence-electron chi connectivity index (χ0n) is 11.4. The number of aromatic nitrogens is 4. The van der Waals surface area contributed by atoms with E-state index in [1.807, 2.05) is 4.90 Å². The molecule has 3 rings (SSSR count). The second kappa shape index (κ2) is 5.00. The topological polar surface area (TPSA) is 104 Å². The Hall–Kier alpha value is -2.71. The molecule has 2 aromatic rings. The third-order valence-electron chi connectivity index (χ3n) is 3.49. The first-order valence-corrected chi connectivity index (χ1v) is 6.47. The molecule has 3 heterocycles. The van der Waals surface area contributed by atoms with Gasteiger partial charge in [-0.3, -0.25) is 4.79 Å². The number of nitrogens with zero attached hydrogens (tertiary/aromatic N) is 6. The van der Waals surface area contributed by atoms with Crippen molar-refractivity contribution in [3.05, 3.63) is 22.9 Å². The van der Waals surface area contributed by atoms with Gasteiger partial charge in [-0.05, 0) is 0 Å². The van der Waals surface area contributed by atoms with Crippen molar-refractivity contribution in [2.24, 2.45) is 7.05 Å². The van der Waals surface area contributed by atoms with Gasteiger partial charge in [-0.25, -0.2) is 19.7 Å². The Morgan fingerprint density at radius 1 is 1.24 bits per heavy atom. The van der Waals surface area contributed by atoms with Crippen LogP contribution in [0.3, 0.4) is 0 Å². The van der Waals surface area contributed by atoms with Gasteiger partial charge in [0.25, 0.3) is 5.56 Å². The summed E-state index contributed by atoms with van der Waals surface area (Å²) >= 11 is 0. The lowest BCUT2D eigenvalue weighted by Crippen LogP contribution is -2.48. The molecule has 0 unspecified atom stereocenters. The first kappa shape index (κ1) is 13.3. The summed E-state index contributed by atoms with van der Waals surface area (Å²) < 4.78 is 1.35. The van der Waals surface area contributed by atoms with E-state index in [0.29, 0.717) is 37.6 Å². The van der Waals surface area contributed by atoms with Crippen molar-refractivity contribution < 1.29 is 9.90 Å². The fourth-order valence-electron chi connectivity index (χ4n) is 2.25. The summed E-state index contributed by atoms with van der Waals surface area (Å²) in [6, 6.07) is 0. The Morgan fingerprint density at radius 3 is 2.62 bits per heavy atom. The SMILES string of the molecule is Cn1cnc2ncc(N3CCN(C(=O)O)CC3)nc2c1=O. The first-order valence-electron chi connectivity index (χ1n) is 6.47. The number of fused-ring (bicyclic) bond motifs is 1. The second-order valence-corrected chi connectivity index (χ2v) is 4.82. The molecule has 1 amide bonds. The Bertz CT molecular complexity index is 750. The van der Waals surface area contributed by atoms with E-state index in [1.165, 1.54) is 15.8 Å². The van der Waals surface area contributed by atoms with E-state index in [2.05, 4.69) is 15.0 Å². The minimum atomic E-state index is -0.919. The number of amides is 1. The van der Waals surface area contributed by atoms with Crippen LogP contribution in [-0.4, -0.2) is 61.8 Å². The van der Waals surface area contributed by atoms with E-state index in [0.717, 1.165) is 0 Å². The summed E-state index contributed by atoms with van der Waals surface area (Å²) in [7, 11) is 1.61. The Labute approximate surface area is 119 Å². The lowest BCUT2D eigenvalue weighted by atomic mass is 10.3. The van der Waals surface area contributed by atoms with Gasteiger partial charge in [0.15, 0.2) is 11.2 Å². The lowest BCUT2D eigenvalue weighted by molar-refractivity contribution is 0.142. The zero-order valence-corrected chi connectivity index (χ0v) is 11.4. The molecule has 2 aromatic heterocycles. The van der Waals surface area contributed by atoms with Crippen molar-refractivity contribution in [3.63, 3.8) is 0 Å². The summed E-state index contributed by atoms with van der Waals surface area (Å²) in [5, 5.41) is 8.93. The van der Waals surface area contributed by atoms with E-state index in [1.54, 1.807) is 13.2 Å². The summed E-state index contributed by atoms with van der Waals surface area (Å²) in [6.45, 7) is 1.85. The van der Waals surface area contributed by atoms with Crippen LogP contribution in [0.2, 0.25) is 0 Å². The summed E-state index contributed by atoms with van der Waals surface area (Å²) in [4.78, 5) is 38.7. The van der Waals surface area contributed by atoms with Gasteiger partial charge in [0.05, 0.1) is 12.5 Å². The van der Waals surface area contributed by atoms with Gasteiger partial charge < -0.3 is 19.5 Å². The number of carboxylic acid groups (broad SMARTS) is 1. The third kappa shape index (κ3) is 2.37. The fraction of sp³-hybridized carbons (Fsp3) is 0.417. The molecular formula is C12H14N6O3. The van der Waals surface area contributed by atoms with Gasteiger partial charge in [-0.1, -0.05) is 0 Å². The van der Waals surface area contributed by atoms with Crippen LogP contribution in [0.25, 0.3) is 11.2 Å². The molecule has 0 aliphatic carbocycles. The minimum Gasteiger partial charge on any atom is -0.465 e. The van der Waals surface area contributed by atoms with Gasteiger partial charge in [0, 0.05) is 33.2 Å². The summed E-state index contributed by atoms with van der Waals surface area (Å²) in [5.74, 6) is 0.567. The number of aryl methyl sites for hydroxylation is 1. The standard InChI is InChI=1S/C12H14N6O3/c1-16-7-14-10-9(11(16)19)15-8(6-13-10)17-2-4-18(5-3-17)12(20)21/h6-7H,2-5H2,1H3,(H,20,21). The van der Waals surface area contributed by atoms with Crippen molar-refractivity contribution in [3.8, 4) is 0 Å². The minimum absolute atomic E-state index is 0.221. The average Bonchev–Trinajstić information content (AvgIpc) is 2.51. The van der Waals surface area contributed by atoms with Crippen LogP contribution in [0.4, 0.5) is 10.6 Å². The van der Waals surface area contributed by atoms with Crippen molar-refractivity contribution >= 4 is 23.1 Å². The monoisotopic (exact) mass is 290 g/mol. The number of hydrogen-bond acceptors (Lipinski definition) is 6. The van der Waals surface area contributed by atoms with Crippen molar-refractivity contribution in [2.45, 2.75) is 0 Å². The number of piperazine rings is 1. The molecule has 0 spiro atoms. The van der Waals surface area contributed by atoms with Crippen molar-refractivity contribution in [1.82, 2.24) is 24.4 Å². The highest BCUT2D eigenvalue weighted by Gasteiger charge is 2.22. The Kier molecular flexibility index (Phi) is 3.16. The van der Waals surface area contributed by atoms with Gasteiger partial charge in [0.1, 0.15) is 5.82 Å². The quantitative estimate of drug-likeness (QED) is 0.756. The van der Waals surface area contributed by atoms with Crippen LogP contribution in [0.15, 0.2) is 17.3 Å². The normalized spacial score (nSPS) is 15.5. The highest BCUT2D eigenvalue weighted by atomic mass is 16.4. The first-order chi connectivity index (χ1) is 10.1. The summed E-state index contributed by atoms with van der Waals surface area (Å²) in [5.41, 5.74) is 0.280. The van der Waals surface area contributed by atoms with Crippen LogP contribution in [-0.2, 0) is 7.05 Å². The van der Waals surface area contributed by atoms with Crippen LogP contribution in [0.5, 0.6) is 0 Å². The number of carbonyl (C=O) groups is 1. The second-order valence-electron chi connectivity index (χ2n) is 4.82. The highest BCUT2D eigenvalue weighted by Crippen LogP contribution is 2.14. The molecule has 0 atom stereocenters. The number of anilines is 1. The molecule has 9 heteroatoms. The molecule has 1 aliphatic heterocycles. The predicted molar refractivity (Wildman–Crippen MR) is 74.4 cm³/mol. The van der Waals surface area contributed by atoms with Gasteiger partial charge >= 0.3 is 6.09 Å². The summed E-state index contributed by atoms with van der Waals surface area (Å²) in [6.07, 6.45) is 2.05. The van der Waals surface area contributed by atoms with E-state index < -0.39 is 6.09 Å². The van der Waals surface area contributed by atoms with E-state index in [4.69, 9.17) is 5.11 Å². The molecule has 1 fully saturated rings. The molecule has 0 saturated carbocycles. The predicted octanol–water partition coefficient (Wildman–Crippen LogP) is -0.476. The maximum atomic E-state index is 12.0. The molecule has 1 saturated heterocycles. The largest absolute Gasteiger partial charge is 0.465 e. The molecule has 21 heavy (non-hydrogen) atoms. The molecule has 0 radical (unpaired) electrons. The van der Waals surface area contributed by atoms with Gasteiger partial charge in [-0.15, -0.1) is 0 Å². The maximum Gasteiger partial charge on any atom is 0.407 e. The zero-order chi connectivity index (χ0) is 15.0. The molecule has 9 nitrogen and oxygen atoms in total. The van der Waals surface area contributed by atoms with Crippen LogP contribution >= 0.6 is 0 Å². The average molecular weight is 290 g/mol. The third-order valence-corrected chi connectivity index (χ3v) is 3.49. The molecule has 1 N–H and O–H groups in total.